The fourth-order valence-electron chi connectivity index (χ4n) is 2.67. The van der Waals surface area contributed by atoms with E-state index in [0.29, 0.717) is 21.3 Å². The van der Waals surface area contributed by atoms with Gasteiger partial charge in [0.15, 0.2) is 0 Å². The molecule has 6 heteroatoms. The van der Waals surface area contributed by atoms with Crippen LogP contribution >= 0.6 is 23.2 Å². The molecule has 1 amide bonds. The molecule has 128 valence electrons. The van der Waals surface area contributed by atoms with Crippen LogP contribution in [0.4, 0.5) is 5.69 Å². The average molecular weight is 382 g/mol. The molecule has 0 unspecified atom stereocenters. The van der Waals surface area contributed by atoms with Crippen molar-refractivity contribution in [1.82, 2.24) is 9.38 Å². The van der Waals surface area contributed by atoms with Crippen molar-refractivity contribution in [1.29, 1.82) is 0 Å². The number of hydrogen-bond donors (Lipinski definition) is 1. The monoisotopic (exact) mass is 381 g/mol. The van der Waals surface area contributed by atoms with E-state index in [1.54, 1.807) is 18.2 Å². The van der Waals surface area contributed by atoms with Crippen LogP contribution in [-0.4, -0.2) is 15.3 Å². The first-order valence-corrected chi connectivity index (χ1v) is 8.66. The minimum absolute atomic E-state index is 0.307. The summed E-state index contributed by atoms with van der Waals surface area (Å²) in [5.74, 6) is -0.307. The maximum absolute atomic E-state index is 12.4. The van der Waals surface area contributed by atoms with Crippen molar-refractivity contribution in [3.8, 4) is 11.3 Å². The van der Waals surface area contributed by atoms with Crippen molar-refractivity contribution in [3.63, 3.8) is 0 Å². The summed E-state index contributed by atoms with van der Waals surface area (Å²) >= 11 is 12.0. The Morgan fingerprint density at radius 2 is 1.81 bits per heavy atom. The second kappa shape index (κ2) is 6.83. The van der Waals surface area contributed by atoms with Crippen LogP contribution < -0.4 is 5.32 Å². The molecular weight excluding hydrogens is 369 g/mol. The normalized spacial score (nSPS) is 10.8. The topological polar surface area (TPSA) is 46.4 Å². The lowest BCUT2D eigenvalue weighted by molar-refractivity contribution is 0.102. The zero-order chi connectivity index (χ0) is 18.1. The standard InChI is InChI=1S/C20H13Cl2N3O/c21-14-6-9-17(22)16(11-14)20(26)23-15-7-4-13(5-8-15)18-12-25-10-2-1-3-19(25)24-18/h1-12H,(H,23,26). The Morgan fingerprint density at radius 3 is 2.58 bits per heavy atom. The summed E-state index contributed by atoms with van der Waals surface area (Å²) in [5.41, 5.74) is 3.72. The highest BCUT2D eigenvalue weighted by Gasteiger charge is 2.12. The number of nitrogens with one attached hydrogen (secondary N) is 1. The molecule has 0 fully saturated rings. The molecule has 4 nitrogen and oxygen atoms in total. The van der Waals surface area contributed by atoms with Gasteiger partial charge in [-0.05, 0) is 42.5 Å². The highest BCUT2D eigenvalue weighted by atomic mass is 35.5. The maximum atomic E-state index is 12.4. The van der Waals surface area contributed by atoms with Crippen LogP contribution in [0.3, 0.4) is 0 Å². The molecule has 0 aliphatic heterocycles. The van der Waals surface area contributed by atoms with Crippen LogP contribution in [0.2, 0.25) is 10.0 Å². The number of aromatic nitrogens is 2. The van der Waals surface area contributed by atoms with Gasteiger partial charge in [-0.1, -0.05) is 41.4 Å². The molecule has 4 aromatic rings. The summed E-state index contributed by atoms with van der Waals surface area (Å²) in [6.45, 7) is 0. The van der Waals surface area contributed by atoms with E-state index in [1.807, 2.05) is 59.3 Å². The SMILES string of the molecule is O=C(Nc1ccc(-c2cn3ccccc3n2)cc1)c1cc(Cl)ccc1Cl. The molecular formula is C20H13Cl2N3O. The number of imidazole rings is 1. The van der Waals surface area contributed by atoms with E-state index >= 15 is 0 Å². The Balaban J connectivity index is 1.56. The molecule has 0 aliphatic carbocycles. The predicted octanol–water partition coefficient (Wildman–Crippen LogP) is 5.56. The molecule has 0 spiro atoms. The largest absolute Gasteiger partial charge is 0.322 e. The summed E-state index contributed by atoms with van der Waals surface area (Å²) in [6, 6.07) is 18.1. The van der Waals surface area contributed by atoms with Crippen molar-refractivity contribution >= 4 is 40.4 Å². The van der Waals surface area contributed by atoms with E-state index in [4.69, 9.17) is 23.2 Å². The quantitative estimate of drug-likeness (QED) is 0.504. The third-order valence-electron chi connectivity index (χ3n) is 3.98. The number of rotatable bonds is 3. The summed E-state index contributed by atoms with van der Waals surface area (Å²) in [6.07, 6.45) is 3.92. The molecule has 0 saturated carbocycles. The fraction of sp³-hybridized carbons (Fsp3) is 0. The number of fused-ring (bicyclic) bond motifs is 1. The van der Waals surface area contributed by atoms with Gasteiger partial charge in [0.25, 0.3) is 5.91 Å². The summed E-state index contributed by atoms with van der Waals surface area (Å²) < 4.78 is 1.96. The summed E-state index contributed by atoms with van der Waals surface area (Å²) in [7, 11) is 0. The van der Waals surface area contributed by atoms with Crippen LogP contribution in [0.15, 0.2) is 73.1 Å². The van der Waals surface area contributed by atoms with Gasteiger partial charge in [-0.3, -0.25) is 4.79 Å². The molecule has 0 bridgehead atoms. The van der Waals surface area contributed by atoms with E-state index in [9.17, 15) is 4.79 Å². The first-order chi connectivity index (χ1) is 12.6. The van der Waals surface area contributed by atoms with Gasteiger partial charge in [0, 0.05) is 28.7 Å². The number of hydrogen-bond acceptors (Lipinski definition) is 2. The van der Waals surface area contributed by atoms with E-state index in [2.05, 4.69) is 10.3 Å². The molecule has 0 aliphatic rings. The Bertz CT molecular complexity index is 1070. The smallest absolute Gasteiger partial charge is 0.257 e. The van der Waals surface area contributed by atoms with Crippen LogP contribution in [0.1, 0.15) is 10.4 Å². The molecule has 2 heterocycles. The number of anilines is 1. The van der Waals surface area contributed by atoms with Crippen molar-refractivity contribution in [2.75, 3.05) is 5.32 Å². The number of benzene rings is 2. The van der Waals surface area contributed by atoms with Gasteiger partial charge in [0.1, 0.15) is 5.65 Å². The van der Waals surface area contributed by atoms with E-state index in [-0.39, 0.29) is 5.91 Å². The van der Waals surface area contributed by atoms with Crippen LogP contribution in [0.25, 0.3) is 16.9 Å². The van der Waals surface area contributed by atoms with Crippen LogP contribution in [0.5, 0.6) is 0 Å². The van der Waals surface area contributed by atoms with E-state index in [1.165, 1.54) is 0 Å². The fourth-order valence-corrected chi connectivity index (χ4v) is 3.04. The summed E-state index contributed by atoms with van der Waals surface area (Å²) in [5, 5.41) is 3.64. The zero-order valence-electron chi connectivity index (χ0n) is 13.5. The van der Waals surface area contributed by atoms with Crippen LogP contribution in [-0.2, 0) is 0 Å². The Kier molecular flexibility index (Phi) is 4.37. The van der Waals surface area contributed by atoms with Gasteiger partial charge in [0.05, 0.1) is 16.3 Å². The molecule has 0 radical (unpaired) electrons. The molecule has 0 atom stereocenters. The van der Waals surface area contributed by atoms with Gasteiger partial charge in [0.2, 0.25) is 0 Å². The number of amides is 1. The molecule has 2 aromatic heterocycles. The van der Waals surface area contributed by atoms with E-state index in [0.717, 1.165) is 16.9 Å². The highest BCUT2D eigenvalue weighted by Crippen LogP contribution is 2.24. The second-order valence-electron chi connectivity index (χ2n) is 5.75. The first-order valence-electron chi connectivity index (χ1n) is 7.91. The van der Waals surface area contributed by atoms with Crippen molar-refractivity contribution in [2.45, 2.75) is 0 Å². The Labute approximate surface area is 160 Å². The molecule has 4 rings (SSSR count). The Hall–Kier alpha value is -2.82. The summed E-state index contributed by atoms with van der Waals surface area (Å²) in [4.78, 5) is 17.0. The van der Waals surface area contributed by atoms with Crippen molar-refractivity contribution in [2.24, 2.45) is 0 Å². The van der Waals surface area contributed by atoms with Gasteiger partial charge < -0.3 is 9.72 Å². The van der Waals surface area contributed by atoms with Crippen LogP contribution in [0, 0.1) is 0 Å². The lowest BCUT2D eigenvalue weighted by Crippen LogP contribution is -2.12. The van der Waals surface area contributed by atoms with Gasteiger partial charge in [-0.25, -0.2) is 4.98 Å². The minimum Gasteiger partial charge on any atom is -0.322 e. The number of carbonyl (C=O) groups is 1. The molecule has 2 aromatic carbocycles. The maximum Gasteiger partial charge on any atom is 0.257 e. The first kappa shape index (κ1) is 16.6. The van der Waals surface area contributed by atoms with Crippen molar-refractivity contribution in [3.05, 3.63) is 88.7 Å². The lowest BCUT2D eigenvalue weighted by Gasteiger charge is -2.08. The minimum atomic E-state index is -0.307. The Morgan fingerprint density at radius 1 is 1.00 bits per heavy atom. The predicted molar refractivity (Wildman–Crippen MR) is 105 cm³/mol. The zero-order valence-corrected chi connectivity index (χ0v) is 15.0. The number of carbonyl (C=O) groups excluding carboxylic acids is 1. The van der Waals surface area contributed by atoms with E-state index < -0.39 is 0 Å². The van der Waals surface area contributed by atoms with Crippen molar-refractivity contribution < 1.29 is 4.79 Å². The highest BCUT2D eigenvalue weighted by molar-refractivity contribution is 6.36. The number of pyridine rings is 1. The second-order valence-corrected chi connectivity index (χ2v) is 6.59. The number of halogens is 2. The molecule has 1 N–H and O–H groups in total. The van der Waals surface area contributed by atoms with Gasteiger partial charge >= 0.3 is 0 Å². The van der Waals surface area contributed by atoms with Gasteiger partial charge in [-0.2, -0.15) is 0 Å². The lowest BCUT2D eigenvalue weighted by atomic mass is 10.1. The third kappa shape index (κ3) is 3.29. The average Bonchev–Trinajstić information content (AvgIpc) is 3.08. The molecule has 26 heavy (non-hydrogen) atoms. The third-order valence-corrected chi connectivity index (χ3v) is 4.54. The number of nitrogens with zero attached hydrogens (tertiary/aromatic N) is 2. The molecule has 0 saturated heterocycles. The van der Waals surface area contributed by atoms with Gasteiger partial charge in [-0.15, -0.1) is 0 Å².